The molecule has 0 radical (unpaired) electrons. The van der Waals surface area contributed by atoms with Crippen molar-refractivity contribution in [1.82, 2.24) is 4.90 Å². The molecule has 0 aromatic carbocycles. The fourth-order valence-electron chi connectivity index (χ4n) is 1.30. The average molecular weight is 189 g/mol. The van der Waals surface area contributed by atoms with E-state index >= 15 is 0 Å². The molecule has 0 saturated carbocycles. The predicted octanol–water partition coefficient (Wildman–Crippen LogP) is 0.518. The molecule has 80 valence electrons. The summed E-state index contributed by atoms with van der Waals surface area (Å²) >= 11 is 0. The minimum absolute atomic E-state index is 0. The lowest BCUT2D eigenvalue weighted by Crippen LogP contribution is -2.44. The summed E-state index contributed by atoms with van der Waals surface area (Å²) < 4.78 is 2.17. The molecule has 0 saturated heterocycles. The second-order valence-electron chi connectivity index (χ2n) is 2.70. The molecule has 3 N–H and O–H groups in total. The Morgan fingerprint density at radius 1 is 1.08 bits per heavy atom. The van der Waals surface area contributed by atoms with E-state index in [2.05, 4.69) is 37.2 Å². The molecule has 0 rings (SSSR count). The van der Waals surface area contributed by atoms with Crippen LogP contribution in [0.4, 0.5) is 0 Å². The summed E-state index contributed by atoms with van der Waals surface area (Å²) in [5.41, 5.74) is 5.97. The number of hydrogen-bond acceptors (Lipinski definition) is 1. The Hall–Kier alpha value is -0.770. The van der Waals surface area contributed by atoms with Gasteiger partial charge < -0.3 is 5.48 Å². The van der Waals surface area contributed by atoms with Crippen molar-refractivity contribution in [1.29, 1.82) is 0 Å². The third-order valence-electron chi connectivity index (χ3n) is 2.17. The van der Waals surface area contributed by atoms with Crippen molar-refractivity contribution < 1.29 is 10.1 Å². The van der Waals surface area contributed by atoms with Gasteiger partial charge in [0.25, 0.3) is 0 Å². The molecule has 4 heteroatoms. The summed E-state index contributed by atoms with van der Waals surface area (Å²) in [7, 11) is 0. The molecule has 0 fully saturated rings. The number of guanidine groups is 1. The van der Waals surface area contributed by atoms with Crippen LogP contribution in [-0.4, -0.2) is 47.1 Å². The highest BCUT2D eigenvalue weighted by Gasteiger charge is 2.12. The van der Waals surface area contributed by atoms with Crippen LogP contribution in [0, 0.1) is 0 Å². The van der Waals surface area contributed by atoms with Crippen LogP contribution in [0.2, 0.25) is 0 Å². The van der Waals surface area contributed by atoms with Gasteiger partial charge in [-0.25, -0.2) is 0 Å². The van der Waals surface area contributed by atoms with E-state index in [9.17, 15) is 0 Å². The first-order valence-electron chi connectivity index (χ1n) is 4.83. The molecule has 0 heterocycles. The van der Waals surface area contributed by atoms with Gasteiger partial charge in [-0.15, -0.1) is 0 Å². The van der Waals surface area contributed by atoms with Crippen LogP contribution in [0.25, 0.3) is 0 Å². The number of rotatable bonds is 4. The lowest BCUT2D eigenvalue weighted by atomic mass is 10.5. The van der Waals surface area contributed by atoms with Crippen molar-refractivity contribution in [2.45, 2.75) is 27.7 Å². The molecule has 0 atom stereocenters. The molecule has 0 spiro atoms. The van der Waals surface area contributed by atoms with Crippen LogP contribution in [-0.2, 0) is 0 Å². The molecule has 0 aromatic rings. The Morgan fingerprint density at radius 3 is 1.69 bits per heavy atom. The van der Waals surface area contributed by atoms with Crippen LogP contribution in [0.1, 0.15) is 27.7 Å². The lowest BCUT2D eigenvalue weighted by molar-refractivity contribution is -0.526. The summed E-state index contributed by atoms with van der Waals surface area (Å²) in [4.78, 5) is 2.17. The molecular formula is C9H23N3O. The zero-order valence-corrected chi connectivity index (χ0v) is 9.25. The van der Waals surface area contributed by atoms with Crippen molar-refractivity contribution in [3.63, 3.8) is 0 Å². The Morgan fingerprint density at radius 2 is 1.46 bits per heavy atom. The highest BCUT2D eigenvalue weighted by Crippen LogP contribution is 1.87. The Labute approximate surface area is 81.3 Å². The van der Waals surface area contributed by atoms with E-state index in [4.69, 9.17) is 5.73 Å². The van der Waals surface area contributed by atoms with Gasteiger partial charge in [-0.1, -0.05) is 0 Å². The van der Waals surface area contributed by atoms with Gasteiger partial charge in [0.2, 0.25) is 0 Å². The minimum Gasteiger partial charge on any atom is -0.870 e. The van der Waals surface area contributed by atoms with Crippen molar-refractivity contribution in [2.75, 3.05) is 26.2 Å². The summed E-state index contributed by atoms with van der Waals surface area (Å²) in [6.45, 7) is 12.4. The van der Waals surface area contributed by atoms with Gasteiger partial charge >= 0.3 is 5.96 Å². The van der Waals surface area contributed by atoms with Gasteiger partial charge in [-0.05, 0) is 27.7 Å². The van der Waals surface area contributed by atoms with Crippen LogP contribution in [0.3, 0.4) is 0 Å². The Bertz CT molecular complexity index is 147. The van der Waals surface area contributed by atoms with Crippen LogP contribution < -0.4 is 5.73 Å². The van der Waals surface area contributed by atoms with Gasteiger partial charge in [0, 0.05) is 0 Å². The summed E-state index contributed by atoms with van der Waals surface area (Å²) in [6.07, 6.45) is 0. The quantitative estimate of drug-likeness (QED) is 0.398. The monoisotopic (exact) mass is 189 g/mol. The summed E-state index contributed by atoms with van der Waals surface area (Å²) in [6, 6.07) is 0. The van der Waals surface area contributed by atoms with E-state index in [-0.39, 0.29) is 5.48 Å². The lowest BCUT2D eigenvalue weighted by Gasteiger charge is -2.16. The topological polar surface area (TPSA) is 62.3 Å². The van der Waals surface area contributed by atoms with E-state index in [1.807, 2.05) is 0 Å². The Balaban J connectivity index is 0. The maximum Gasteiger partial charge on any atom is 0.345 e. The second-order valence-corrected chi connectivity index (χ2v) is 2.70. The van der Waals surface area contributed by atoms with Gasteiger partial charge in [-0.2, -0.15) is 0 Å². The van der Waals surface area contributed by atoms with Crippen molar-refractivity contribution in [2.24, 2.45) is 5.73 Å². The Kier molecular flexibility index (Phi) is 8.91. The van der Waals surface area contributed by atoms with Crippen LogP contribution in [0.5, 0.6) is 0 Å². The first kappa shape index (κ1) is 14.7. The largest absolute Gasteiger partial charge is 0.870 e. The predicted molar refractivity (Wildman–Crippen MR) is 55.4 cm³/mol. The van der Waals surface area contributed by atoms with E-state index in [0.29, 0.717) is 0 Å². The zero-order chi connectivity index (χ0) is 9.56. The molecule has 0 amide bonds. The fourth-order valence-corrected chi connectivity index (χ4v) is 1.30. The van der Waals surface area contributed by atoms with E-state index < -0.39 is 0 Å². The first-order valence-corrected chi connectivity index (χ1v) is 4.83. The average Bonchev–Trinajstić information content (AvgIpc) is 2.09. The van der Waals surface area contributed by atoms with E-state index in [1.54, 1.807) is 0 Å². The van der Waals surface area contributed by atoms with Crippen LogP contribution in [0.15, 0.2) is 0 Å². The van der Waals surface area contributed by atoms with E-state index in [0.717, 1.165) is 32.1 Å². The van der Waals surface area contributed by atoms with Gasteiger partial charge in [0.1, 0.15) is 0 Å². The molecule has 13 heavy (non-hydrogen) atoms. The molecule has 0 unspecified atom stereocenters. The maximum absolute atomic E-state index is 5.97. The highest BCUT2D eigenvalue weighted by atomic mass is 16.0. The molecular weight excluding hydrogens is 166 g/mol. The van der Waals surface area contributed by atoms with Crippen LogP contribution >= 0.6 is 0 Å². The fraction of sp³-hybridized carbons (Fsp3) is 0.889. The van der Waals surface area contributed by atoms with Gasteiger partial charge in [-0.3, -0.25) is 15.2 Å². The van der Waals surface area contributed by atoms with Crippen molar-refractivity contribution in [3.05, 3.63) is 0 Å². The number of nitrogens with zero attached hydrogens (tertiary/aromatic N) is 2. The normalized spacial score (nSPS) is 8.92. The molecule has 0 aliphatic rings. The minimum atomic E-state index is 0. The first-order chi connectivity index (χ1) is 5.71. The number of hydrogen-bond donors (Lipinski definition) is 1. The SMILES string of the molecule is CCN(CC)C(N)=[N+](CC)CC.[OH-]. The standard InChI is InChI=1S/C9H21N3.H2O/c1-5-11(6-2)9(10)12(7-3)8-4;/h10H,5-8H2,1-4H3;1H2. The maximum atomic E-state index is 5.97. The third kappa shape index (κ3) is 4.12. The van der Waals surface area contributed by atoms with Gasteiger partial charge in [0.05, 0.1) is 26.2 Å². The molecule has 0 aliphatic carbocycles. The summed E-state index contributed by atoms with van der Waals surface area (Å²) in [5.74, 6) is 0.907. The summed E-state index contributed by atoms with van der Waals surface area (Å²) in [5, 5.41) is 0. The number of nitrogens with two attached hydrogens (primary N) is 1. The highest BCUT2D eigenvalue weighted by molar-refractivity contribution is 5.72. The molecule has 4 nitrogen and oxygen atoms in total. The molecule has 0 aliphatic heterocycles. The zero-order valence-electron chi connectivity index (χ0n) is 9.25. The third-order valence-corrected chi connectivity index (χ3v) is 2.17. The van der Waals surface area contributed by atoms with Gasteiger partial charge in [0.15, 0.2) is 0 Å². The second kappa shape index (κ2) is 7.86. The van der Waals surface area contributed by atoms with E-state index in [1.165, 1.54) is 0 Å². The smallest absolute Gasteiger partial charge is 0.345 e. The molecule has 0 aromatic heterocycles. The molecule has 0 bridgehead atoms. The van der Waals surface area contributed by atoms with Crippen molar-refractivity contribution >= 4 is 5.96 Å². The van der Waals surface area contributed by atoms with Crippen molar-refractivity contribution in [3.8, 4) is 0 Å².